The van der Waals surface area contributed by atoms with Gasteiger partial charge in [-0.3, -0.25) is 0 Å². The highest BCUT2D eigenvalue weighted by Crippen LogP contribution is 2.42. The first-order chi connectivity index (χ1) is 13.3. The smallest absolute Gasteiger partial charge is 0.232 e. The molecule has 0 fully saturated rings. The summed E-state index contributed by atoms with van der Waals surface area (Å²) in [6.07, 6.45) is 4.75. The number of aromatic nitrogens is 2. The molecular formula is C20H22N4O3. The van der Waals surface area contributed by atoms with Crippen LogP contribution in [0, 0.1) is 0 Å². The van der Waals surface area contributed by atoms with Gasteiger partial charge in [-0.1, -0.05) is 13.8 Å². The first-order valence-corrected chi connectivity index (χ1v) is 9.13. The van der Waals surface area contributed by atoms with Gasteiger partial charge in [-0.05, 0) is 37.4 Å². The molecular weight excluding hydrogens is 344 g/mol. The normalized spacial score (nSPS) is 11.5. The van der Waals surface area contributed by atoms with Crippen molar-refractivity contribution in [3.8, 4) is 22.8 Å². The maximum atomic E-state index is 6.02. The Hall–Kier alpha value is -3.06. The van der Waals surface area contributed by atoms with Gasteiger partial charge in [-0.25, -0.2) is 9.97 Å². The van der Waals surface area contributed by atoms with Crippen LogP contribution in [0.25, 0.3) is 33.9 Å². The van der Waals surface area contributed by atoms with E-state index in [0.29, 0.717) is 23.0 Å². The second-order valence-electron chi connectivity index (χ2n) is 6.12. The molecule has 0 aliphatic heterocycles. The minimum Gasteiger partial charge on any atom is -0.464 e. The molecule has 0 unspecified atom stereocenters. The average Bonchev–Trinajstić information content (AvgIpc) is 3.44. The molecule has 27 heavy (non-hydrogen) atoms. The van der Waals surface area contributed by atoms with E-state index in [4.69, 9.17) is 13.3 Å². The zero-order valence-electron chi connectivity index (χ0n) is 15.4. The van der Waals surface area contributed by atoms with E-state index in [2.05, 4.69) is 34.0 Å². The van der Waals surface area contributed by atoms with Gasteiger partial charge in [0.05, 0.1) is 23.5 Å². The van der Waals surface area contributed by atoms with Crippen molar-refractivity contribution in [3.05, 3.63) is 43.1 Å². The monoisotopic (exact) mass is 366 g/mol. The number of rotatable bonds is 8. The highest BCUT2D eigenvalue weighted by atomic mass is 16.4. The predicted molar refractivity (Wildman–Crippen MR) is 103 cm³/mol. The van der Waals surface area contributed by atoms with Crippen LogP contribution in [0.3, 0.4) is 0 Å². The van der Waals surface area contributed by atoms with Crippen LogP contribution in [-0.2, 0) is 0 Å². The van der Waals surface area contributed by atoms with E-state index in [9.17, 15) is 0 Å². The van der Waals surface area contributed by atoms with Gasteiger partial charge < -0.3 is 23.5 Å². The van der Waals surface area contributed by atoms with E-state index in [1.165, 1.54) is 6.33 Å². The molecule has 4 aromatic rings. The molecule has 0 saturated heterocycles. The lowest BCUT2D eigenvalue weighted by molar-refractivity contribution is 0.316. The van der Waals surface area contributed by atoms with Gasteiger partial charge in [0.15, 0.2) is 11.5 Å². The van der Waals surface area contributed by atoms with Crippen molar-refractivity contribution in [1.82, 2.24) is 14.9 Å². The zero-order chi connectivity index (χ0) is 18.6. The van der Waals surface area contributed by atoms with Crippen LogP contribution in [-0.4, -0.2) is 41.0 Å². The van der Waals surface area contributed by atoms with E-state index in [-0.39, 0.29) is 0 Å². The van der Waals surface area contributed by atoms with Crippen molar-refractivity contribution < 1.29 is 13.3 Å². The van der Waals surface area contributed by atoms with Gasteiger partial charge in [-0.15, -0.1) is 0 Å². The Bertz CT molecular complexity index is 986. The lowest BCUT2D eigenvalue weighted by atomic mass is 10.1. The molecule has 0 aliphatic rings. The summed E-state index contributed by atoms with van der Waals surface area (Å²) >= 11 is 0. The predicted octanol–water partition coefficient (Wildman–Crippen LogP) is 4.50. The molecule has 1 N–H and O–H groups in total. The number of nitrogens with zero attached hydrogens (tertiary/aromatic N) is 3. The molecule has 140 valence electrons. The fraction of sp³-hybridized carbons (Fsp3) is 0.300. The van der Waals surface area contributed by atoms with Gasteiger partial charge in [0.25, 0.3) is 0 Å². The Balaban J connectivity index is 1.77. The first-order valence-electron chi connectivity index (χ1n) is 9.13. The van der Waals surface area contributed by atoms with Gasteiger partial charge in [0.2, 0.25) is 5.71 Å². The molecule has 0 atom stereocenters. The Morgan fingerprint density at radius 1 is 1.00 bits per heavy atom. The summed E-state index contributed by atoms with van der Waals surface area (Å²) in [7, 11) is 0. The maximum Gasteiger partial charge on any atom is 0.232 e. The molecule has 0 aromatic carbocycles. The number of hydrogen-bond acceptors (Lipinski definition) is 7. The van der Waals surface area contributed by atoms with E-state index < -0.39 is 0 Å². The van der Waals surface area contributed by atoms with E-state index in [0.717, 1.165) is 42.9 Å². The molecule has 4 aromatic heterocycles. The van der Waals surface area contributed by atoms with Crippen molar-refractivity contribution >= 4 is 16.9 Å². The SMILES string of the molecule is CCN(CC)CCNc1ncnc2oc(-c3ccco3)c(-c3ccco3)c12. The number of nitrogens with one attached hydrogen (secondary N) is 1. The zero-order valence-corrected chi connectivity index (χ0v) is 15.4. The van der Waals surface area contributed by atoms with Gasteiger partial charge in [0, 0.05) is 13.1 Å². The van der Waals surface area contributed by atoms with Crippen LogP contribution in [0.4, 0.5) is 5.82 Å². The number of hydrogen-bond donors (Lipinski definition) is 1. The van der Waals surface area contributed by atoms with Crippen molar-refractivity contribution in [2.75, 3.05) is 31.5 Å². The third-order valence-corrected chi connectivity index (χ3v) is 4.62. The fourth-order valence-corrected chi connectivity index (χ4v) is 3.18. The van der Waals surface area contributed by atoms with Crippen LogP contribution in [0.2, 0.25) is 0 Å². The quantitative estimate of drug-likeness (QED) is 0.492. The topological polar surface area (TPSA) is 80.5 Å². The molecule has 0 radical (unpaired) electrons. The summed E-state index contributed by atoms with van der Waals surface area (Å²) in [6.45, 7) is 8.05. The minimum atomic E-state index is 0.494. The summed E-state index contributed by atoms with van der Waals surface area (Å²) < 4.78 is 17.2. The second-order valence-corrected chi connectivity index (χ2v) is 6.12. The summed E-state index contributed by atoms with van der Waals surface area (Å²) in [5.74, 6) is 2.60. The maximum absolute atomic E-state index is 6.02. The highest BCUT2D eigenvalue weighted by molar-refractivity contribution is 6.04. The Morgan fingerprint density at radius 2 is 1.74 bits per heavy atom. The van der Waals surface area contributed by atoms with Gasteiger partial charge >= 0.3 is 0 Å². The van der Waals surface area contributed by atoms with Crippen LogP contribution in [0.15, 0.2) is 56.4 Å². The summed E-state index contributed by atoms with van der Waals surface area (Å²) in [6, 6.07) is 7.41. The summed E-state index contributed by atoms with van der Waals surface area (Å²) in [5, 5.41) is 4.21. The molecule has 0 amide bonds. The number of furan rings is 3. The highest BCUT2D eigenvalue weighted by Gasteiger charge is 2.25. The molecule has 0 bridgehead atoms. The molecule has 7 heteroatoms. The first kappa shape index (κ1) is 17.4. The second kappa shape index (κ2) is 7.67. The van der Waals surface area contributed by atoms with Crippen molar-refractivity contribution in [3.63, 3.8) is 0 Å². The van der Waals surface area contributed by atoms with Crippen molar-refractivity contribution in [1.29, 1.82) is 0 Å². The van der Waals surface area contributed by atoms with Crippen molar-refractivity contribution in [2.24, 2.45) is 0 Å². The van der Waals surface area contributed by atoms with Crippen molar-refractivity contribution in [2.45, 2.75) is 13.8 Å². The Labute approximate surface area is 157 Å². The number of likely N-dealkylation sites (N-methyl/N-ethyl adjacent to an activating group) is 1. The number of fused-ring (bicyclic) bond motifs is 1. The fourth-order valence-electron chi connectivity index (χ4n) is 3.18. The van der Waals surface area contributed by atoms with E-state index in [1.54, 1.807) is 12.5 Å². The van der Waals surface area contributed by atoms with E-state index >= 15 is 0 Å². The molecule has 7 nitrogen and oxygen atoms in total. The standard InChI is InChI=1S/C20H22N4O3/c1-3-24(4-2)10-9-21-19-17-16(14-7-5-11-25-14)18(15-8-6-12-26-15)27-20(17)23-13-22-19/h5-8,11-13H,3-4,9-10H2,1-2H3,(H,21,22,23). The molecule has 4 rings (SSSR count). The molecule has 4 heterocycles. The van der Waals surface area contributed by atoms with Crippen LogP contribution >= 0.6 is 0 Å². The lowest BCUT2D eigenvalue weighted by Crippen LogP contribution is -2.28. The van der Waals surface area contributed by atoms with Gasteiger partial charge in [-0.2, -0.15) is 0 Å². The summed E-state index contributed by atoms with van der Waals surface area (Å²) in [5.41, 5.74) is 1.28. The van der Waals surface area contributed by atoms with Crippen LogP contribution in [0.5, 0.6) is 0 Å². The van der Waals surface area contributed by atoms with Crippen LogP contribution < -0.4 is 5.32 Å². The number of anilines is 1. The Kier molecular flexibility index (Phi) is 4.93. The van der Waals surface area contributed by atoms with Gasteiger partial charge in [0.1, 0.15) is 17.9 Å². The molecule has 0 saturated carbocycles. The Morgan fingerprint density at radius 3 is 2.41 bits per heavy atom. The third-order valence-electron chi connectivity index (χ3n) is 4.62. The molecule has 0 aliphatic carbocycles. The average molecular weight is 366 g/mol. The molecule has 0 spiro atoms. The largest absolute Gasteiger partial charge is 0.464 e. The lowest BCUT2D eigenvalue weighted by Gasteiger charge is -2.18. The van der Waals surface area contributed by atoms with Crippen LogP contribution in [0.1, 0.15) is 13.8 Å². The summed E-state index contributed by atoms with van der Waals surface area (Å²) in [4.78, 5) is 11.1. The van der Waals surface area contributed by atoms with E-state index in [1.807, 2.05) is 24.3 Å². The third kappa shape index (κ3) is 3.33. The minimum absolute atomic E-state index is 0.494.